The van der Waals surface area contributed by atoms with Crippen LogP contribution in [0.5, 0.6) is 11.5 Å². The summed E-state index contributed by atoms with van der Waals surface area (Å²) in [7, 11) is 3.34. The molecule has 0 spiro atoms. The van der Waals surface area contributed by atoms with E-state index in [0.717, 1.165) is 11.1 Å². The number of nitrogens with two attached hydrogens (primary N) is 1. The number of nitrogens with one attached hydrogen (secondary N) is 1. The minimum absolute atomic E-state index is 0.153. The summed E-state index contributed by atoms with van der Waals surface area (Å²) in [5.74, 6) is -1.91. The molecule has 0 radical (unpaired) electrons. The lowest BCUT2D eigenvalue weighted by Gasteiger charge is -2.28. The molecule has 3 aliphatic heterocycles. The molecule has 0 saturated carbocycles. The quantitative estimate of drug-likeness (QED) is 0.161. The maximum Gasteiger partial charge on any atom is 0.305 e. The van der Waals surface area contributed by atoms with E-state index < -0.39 is 42.0 Å². The van der Waals surface area contributed by atoms with Crippen LogP contribution in [-0.2, 0) is 24.8 Å². The number of hydrogen-bond donors (Lipinski definition) is 2. The van der Waals surface area contributed by atoms with Crippen LogP contribution >= 0.6 is 0 Å². The molecule has 3 aliphatic rings. The van der Waals surface area contributed by atoms with E-state index >= 15 is 0 Å². The van der Waals surface area contributed by atoms with E-state index in [-0.39, 0.29) is 29.6 Å². The van der Waals surface area contributed by atoms with Gasteiger partial charge in [0.2, 0.25) is 5.91 Å². The van der Waals surface area contributed by atoms with Crippen molar-refractivity contribution in [2.75, 3.05) is 26.4 Å². The number of benzene rings is 3. The highest BCUT2D eigenvalue weighted by atomic mass is 16.8. The number of likely N-dealkylation sites (N-methyl/N-ethyl adjacent to an activating group) is 1. The Morgan fingerprint density at radius 1 is 0.944 bits per heavy atom. The summed E-state index contributed by atoms with van der Waals surface area (Å²) < 4.78 is 34.1. The number of carbonyl (C=O) groups excluding carboxylic acids is 2. The van der Waals surface area contributed by atoms with Crippen LogP contribution in [0.4, 0.5) is 5.82 Å². The van der Waals surface area contributed by atoms with Crippen molar-refractivity contribution in [3.05, 3.63) is 126 Å². The predicted molar refractivity (Wildman–Crippen MR) is 198 cm³/mol. The summed E-state index contributed by atoms with van der Waals surface area (Å²) in [6, 6.07) is 22.5. The second-order valence-corrected chi connectivity index (χ2v) is 13.8. The van der Waals surface area contributed by atoms with Gasteiger partial charge in [0, 0.05) is 37.8 Å². The molecule has 4 atom stereocenters. The molecule has 2 saturated heterocycles. The Hall–Kier alpha value is -6.09. The number of hydrogen-bond acceptors (Lipinski definition) is 11. The van der Waals surface area contributed by atoms with Crippen molar-refractivity contribution in [1.29, 1.82) is 0 Å². The van der Waals surface area contributed by atoms with Crippen molar-refractivity contribution in [3.8, 4) is 11.5 Å². The summed E-state index contributed by atoms with van der Waals surface area (Å²) in [5, 5.41) is 2.98. The van der Waals surface area contributed by atoms with Crippen LogP contribution in [0, 0.1) is 0 Å². The SMILES string of the molecule is CN(C)C(=O)C=Cc1cc2c(c(C(=O)NCC=C[C@H]3O[C@@H](n4cnc5c(N)ncnc54)[C@@H]4OC(C)(C)O[C@@H]43)c1)OC(c1ccccc1)(c1ccccc1)O2. The Balaban J connectivity index is 1.06. The van der Waals surface area contributed by atoms with E-state index in [0.29, 0.717) is 22.5 Å². The van der Waals surface area contributed by atoms with Gasteiger partial charge >= 0.3 is 5.79 Å². The standard InChI is InChI=1S/C40H39N7O7/c1-39(2)52-33-28(50-38(34(33)53-39)47-23-45-31-35(41)43-22-44-36(31)47)16-11-19-42-37(49)27-20-24(17-18-30(48)46(3)4)21-29-32(27)54-40(51-29,25-12-7-5-8-13-25)26-14-9-6-10-15-26/h5-18,20-23,28,33-34,38H,19H2,1-4H3,(H,42,49)(H2,41,43,44)/t28-,33-,34-,38-/m1/s1. The maximum absolute atomic E-state index is 14.0. The van der Waals surface area contributed by atoms with Crippen LogP contribution in [0.25, 0.3) is 17.2 Å². The van der Waals surface area contributed by atoms with Gasteiger partial charge in [0.1, 0.15) is 30.2 Å². The van der Waals surface area contributed by atoms with Gasteiger partial charge in [-0.3, -0.25) is 14.2 Å². The first-order valence-corrected chi connectivity index (χ1v) is 17.5. The normalized spacial score (nSPS) is 22.2. The van der Waals surface area contributed by atoms with Crippen LogP contribution < -0.4 is 20.5 Å². The number of amides is 2. The van der Waals surface area contributed by atoms with Crippen molar-refractivity contribution in [3.63, 3.8) is 0 Å². The van der Waals surface area contributed by atoms with Crippen molar-refractivity contribution in [1.82, 2.24) is 29.7 Å². The Morgan fingerprint density at radius 3 is 2.35 bits per heavy atom. The summed E-state index contributed by atoms with van der Waals surface area (Å²) >= 11 is 0. The molecule has 14 heteroatoms. The van der Waals surface area contributed by atoms with Gasteiger partial charge in [0.05, 0.1) is 11.9 Å². The van der Waals surface area contributed by atoms with Crippen molar-refractivity contribution in [2.24, 2.45) is 0 Å². The first kappa shape index (κ1) is 35.0. The van der Waals surface area contributed by atoms with Gasteiger partial charge in [-0.25, -0.2) is 15.0 Å². The second-order valence-electron chi connectivity index (χ2n) is 13.8. The molecule has 2 aromatic heterocycles. The fraction of sp³-hybridized carbons (Fsp3) is 0.275. The Bertz CT molecular complexity index is 2230. The number of aromatic nitrogens is 4. The van der Waals surface area contributed by atoms with E-state index in [1.807, 2.05) is 80.6 Å². The Labute approximate surface area is 311 Å². The molecule has 276 valence electrons. The molecule has 8 rings (SSSR count). The molecule has 2 fully saturated rings. The number of carbonyl (C=O) groups is 2. The monoisotopic (exact) mass is 729 g/mol. The fourth-order valence-electron chi connectivity index (χ4n) is 6.91. The number of ether oxygens (including phenoxy) is 5. The average molecular weight is 730 g/mol. The van der Waals surface area contributed by atoms with Crippen LogP contribution in [0.15, 0.2) is 104 Å². The molecule has 0 bridgehead atoms. The minimum Gasteiger partial charge on any atom is -0.440 e. The highest BCUT2D eigenvalue weighted by Gasteiger charge is 2.55. The Kier molecular flexibility index (Phi) is 8.88. The lowest BCUT2D eigenvalue weighted by atomic mass is 9.97. The summed E-state index contributed by atoms with van der Waals surface area (Å²) in [6.45, 7) is 3.85. The van der Waals surface area contributed by atoms with Crippen molar-refractivity contribution in [2.45, 2.75) is 50.0 Å². The number of rotatable bonds is 9. The molecule has 0 unspecified atom stereocenters. The predicted octanol–water partition coefficient (Wildman–Crippen LogP) is 4.59. The van der Waals surface area contributed by atoms with Crippen LogP contribution in [0.2, 0.25) is 0 Å². The molecule has 0 aliphatic carbocycles. The fourth-order valence-corrected chi connectivity index (χ4v) is 6.91. The number of nitrogen functional groups attached to an aromatic ring is 1. The average Bonchev–Trinajstić information content (AvgIpc) is 3.93. The van der Waals surface area contributed by atoms with Gasteiger partial charge in [0.15, 0.2) is 35.0 Å². The highest BCUT2D eigenvalue weighted by molar-refractivity contribution is 5.99. The van der Waals surface area contributed by atoms with Crippen molar-refractivity contribution >= 4 is 34.9 Å². The summed E-state index contributed by atoms with van der Waals surface area (Å²) in [6.07, 6.45) is 7.68. The lowest BCUT2D eigenvalue weighted by molar-refractivity contribution is -0.191. The van der Waals surface area contributed by atoms with Gasteiger partial charge in [0.25, 0.3) is 5.91 Å². The molecular weight excluding hydrogens is 690 g/mol. The number of imidazole rings is 1. The summed E-state index contributed by atoms with van der Waals surface area (Å²) in [4.78, 5) is 40.7. The van der Waals surface area contributed by atoms with Crippen molar-refractivity contribution < 1.29 is 33.3 Å². The minimum atomic E-state index is -1.36. The van der Waals surface area contributed by atoms with E-state index in [9.17, 15) is 9.59 Å². The molecule has 5 aromatic rings. The zero-order chi connectivity index (χ0) is 37.6. The van der Waals surface area contributed by atoms with Gasteiger partial charge in [-0.1, -0.05) is 72.8 Å². The first-order valence-electron chi connectivity index (χ1n) is 17.5. The topological polar surface area (TPSA) is 165 Å². The highest BCUT2D eigenvalue weighted by Crippen LogP contribution is 2.50. The molecule has 14 nitrogen and oxygen atoms in total. The lowest BCUT2D eigenvalue weighted by Crippen LogP contribution is -2.37. The third-order valence-corrected chi connectivity index (χ3v) is 9.42. The molecule has 54 heavy (non-hydrogen) atoms. The first-order chi connectivity index (χ1) is 26.0. The molecule has 5 heterocycles. The van der Waals surface area contributed by atoms with Crippen LogP contribution in [0.1, 0.15) is 47.1 Å². The number of fused-ring (bicyclic) bond motifs is 3. The van der Waals surface area contributed by atoms with E-state index in [1.165, 1.54) is 17.3 Å². The molecule has 3 aromatic carbocycles. The van der Waals surface area contributed by atoms with E-state index in [2.05, 4.69) is 20.3 Å². The largest absolute Gasteiger partial charge is 0.440 e. The maximum atomic E-state index is 14.0. The van der Waals surface area contributed by atoms with E-state index in [4.69, 9.17) is 29.4 Å². The second kappa shape index (κ2) is 13.7. The number of anilines is 1. The van der Waals surface area contributed by atoms with Crippen LogP contribution in [-0.4, -0.2) is 81.0 Å². The Morgan fingerprint density at radius 2 is 1.65 bits per heavy atom. The molecular formula is C40H39N7O7. The van der Waals surface area contributed by atoms with Crippen LogP contribution in [0.3, 0.4) is 0 Å². The van der Waals surface area contributed by atoms with Gasteiger partial charge in [-0.05, 0) is 37.6 Å². The summed E-state index contributed by atoms with van der Waals surface area (Å²) in [5.41, 5.74) is 9.33. The van der Waals surface area contributed by atoms with Gasteiger partial charge in [-0.2, -0.15) is 0 Å². The zero-order valence-corrected chi connectivity index (χ0v) is 30.1. The molecule has 3 N–H and O–H groups in total. The van der Waals surface area contributed by atoms with Gasteiger partial charge < -0.3 is 39.6 Å². The smallest absolute Gasteiger partial charge is 0.305 e. The van der Waals surface area contributed by atoms with E-state index in [1.54, 1.807) is 49.3 Å². The number of nitrogens with zero attached hydrogens (tertiary/aromatic N) is 5. The molecule has 2 amide bonds. The third kappa shape index (κ3) is 6.33. The third-order valence-electron chi connectivity index (χ3n) is 9.42. The van der Waals surface area contributed by atoms with Gasteiger partial charge in [-0.15, -0.1) is 0 Å². The zero-order valence-electron chi connectivity index (χ0n) is 30.1.